The van der Waals surface area contributed by atoms with Crippen molar-refractivity contribution in [2.75, 3.05) is 25.0 Å². The third-order valence-electron chi connectivity index (χ3n) is 2.27. The molecule has 0 saturated carbocycles. The summed E-state index contributed by atoms with van der Waals surface area (Å²) in [6, 6.07) is 0. The fourth-order valence-electron chi connectivity index (χ4n) is 1.39. The van der Waals surface area contributed by atoms with Crippen LogP contribution in [0.25, 0.3) is 0 Å². The second-order valence-corrected chi connectivity index (χ2v) is 3.71. The van der Waals surface area contributed by atoms with E-state index in [1.807, 2.05) is 24.3 Å². The van der Waals surface area contributed by atoms with Crippen molar-refractivity contribution in [3.05, 3.63) is 18.0 Å². The molecule has 0 fully saturated rings. The van der Waals surface area contributed by atoms with Crippen molar-refractivity contribution in [3.63, 3.8) is 0 Å². The Morgan fingerprint density at radius 3 is 2.53 bits per heavy atom. The van der Waals surface area contributed by atoms with Gasteiger partial charge in [0, 0.05) is 26.0 Å². The molecule has 0 aliphatic heterocycles. The van der Waals surface area contributed by atoms with Gasteiger partial charge in [-0.3, -0.25) is 0 Å². The topological polar surface area (TPSA) is 55.0 Å². The maximum atomic E-state index is 5.45. The van der Waals surface area contributed by atoms with Crippen molar-refractivity contribution in [2.45, 2.75) is 26.2 Å². The first kappa shape index (κ1) is 11.9. The molecule has 0 atom stereocenters. The molecule has 0 aliphatic carbocycles. The number of aryl methyl sites for hydroxylation is 1. The number of hydrogen-bond acceptors (Lipinski definition) is 4. The smallest absolute Gasteiger partial charge is 0.224 e. The summed E-state index contributed by atoms with van der Waals surface area (Å²) in [5.41, 5.74) is 6.65. The third-order valence-corrected chi connectivity index (χ3v) is 2.27. The lowest BCUT2D eigenvalue weighted by molar-refractivity contribution is 0.771. The Hall–Kier alpha value is -1.16. The average molecular weight is 208 g/mol. The Morgan fingerprint density at radius 2 is 2.00 bits per heavy atom. The molecule has 0 bridgehead atoms. The van der Waals surface area contributed by atoms with E-state index in [1.54, 1.807) is 0 Å². The minimum Gasteiger partial charge on any atom is -0.344 e. The number of nitrogens with two attached hydrogens (primary N) is 1. The molecule has 1 aromatic rings. The maximum Gasteiger partial charge on any atom is 0.224 e. The molecule has 84 valence electrons. The molecule has 1 aromatic heterocycles. The molecule has 1 rings (SSSR count). The van der Waals surface area contributed by atoms with Crippen LogP contribution in [0.3, 0.4) is 0 Å². The first-order valence-electron chi connectivity index (χ1n) is 5.50. The zero-order valence-corrected chi connectivity index (χ0v) is 9.61. The first-order chi connectivity index (χ1) is 7.27. The van der Waals surface area contributed by atoms with Gasteiger partial charge in [0.2, 0.25) is 5.95 Å². The van der Waals surface area contributed by atoms with Crippen LogP contribution in [0, 0.1) is 0 Å². The summed E-state index contributed by atoms with van der Waals surface area (Å²) in [5, 5.41) is 0. The molecule has 0 saturated heterocycles. The van der Waals surface area contributed by atoms with Gasteiger partial charge >= 0.3 is 0 Å². The summed E-state index contributed by atoms with van der Waals surface area (Å²) in [6.07, 6.45) is 6.96. The summed E-state index contributed by atoms with van der Waals surface area (Å²) in [5.74, 6) is 0.781. The lowest BCUT2D eigenvalue weighted by Crippen LogP contribution is -2.23. The summed E-state index contributed by atoms with van der Waals surface area (Å²) in [4.78, 5) is 10.7. The van der Waals surface area contributed by atoms with Crippen molar-refractivity contribution >= 4 is 5.95 Å². The van der Waals surface area contributed by atoms with Crippen molar-refractivity contribution < 1.29 is 0 Å². The average Bonchev–Trinajstić information content (AvgIpc) is 2.27. The number of aromatic nitrogens is 2. The fraction of sp³-hybridized carbons (Fsp3) is 0.636. The van der Waals surface area contributed by atoms with Gasteiger partial charge in [-0.25, -0.2) is 9.97 Å². The van der Waals surface area contributed by atoms with Crippen LogP contribution in [-0.2, 0) is 6.42 Å². The van der Waals surface area contributed by atoms with Gasteiger partial charge in [-0.2, -0.15) is 0 Å². The molecule has 15 heavy (non-hydrogen) atoms. The van der Waals surface area contributed by atoms with Crippen LogP contribution < -0.4 is 10.6 Å². The first-order valence-corrected chi connectivity index (χ1v) is 5.50. The SMILES string of the molecule is CCCc1cnc(N(C)CCCN)nc1. The molecule has 0 aromatic carbocycles. The molecule has 1 heterocycles. The Morgan fingerprint density at radius 1 is 1.33 bits per heavy atom. The molecule has 4 nitrogen and oxygen atoms in total. The van der Waals surface area contributed by atoms with Crippen LogP contribution in [0.5, 0.6) is 0 Å². The van der Waals surface area contributed by atoms with E-state index >= 15 is 0 Å². The number of rotatable bonds is 6. The molecule has 2 N–H and O–H groups in total. The highest BCUT2D eigenvalue weighted by Crippen LogP contribution is 2.06. The predicted molar refractivity (Wildman–Crippen MR) is 63.0 cm³/mol. The van der Waals surface area contributed by atoms with Gasteiger partial charge in [0.25, 0.3) is 0 Å². The molecule has 0 unspecified atom stereocenters. The summed E-state index contributed by atoms with van der Waals surface area (Å²) >= 11 is 0. The Balaban J connectivity index is 2.54. The minimum atomic E-state index is 0.707. The molecule has 4 heteroatoms. The van der Waals surface area contributed by atoms with E-state index in [-0.39, 0.29) is 0 Å². The van der Waals surface area contributed by atoms with E-state index in [0.717, 1.165) is 31.8 Å². The predicted octanol–water partition coefficient (Wildman–Crippen LogP) is 1.21. The van der Waals surface area contributed by atoms with Crippen molar-refractivity contribution in [1.29, 1.82) is 0 Å². The Bertz CT molecular complexity index is 270. The van der Waals surface area contributed by atoms with E-state index in [1.165, 1.54) is 5.56 Å². The highest BCUT2D eigenvalue weighted by Gasteiger charge is 2.02. The maximum absolute atomic E-state index is 5.45. The van der Waals surface area contributed by atoms with Crippen molar-refractivity contribution in [3.8, 4) is 0 Å². The largest absolute Gasteiger partial charge is 0.344 e. The molecule has 0 radical (unpaired) electrons. The van der Waals surface area contributed by atoms with Crippen molar-refractivity contribution in [2.24, 2.45) is 5.73 Å². The van der Waals surface area contributed by atoms with Crippen LogP contribution in [-0.4, -0.2) is 30.1 Å². The monoisotopic (exact) mass is 208 g/mol. The Kier molecular flexibility index (Phi) is 5.04. The van der Waals surface area contributed by atoms with Gasteiger partial charge in [-0.1, -0.05) is 13.3 Å². The quantitative estimate of drug-likeness (QED) is 0.763. The third kappa shape index (κ3) is 3.83. The zero-order chi connectivity index (χ0) is 11.1. The molecular weight excluding hydrogens is 188 g/mol. The zero-order valence-electron chi connectivity index (χ0n) is 9.61. The fourth-order valence-corrected chi connectivity index (χ4v) is 1.39. The van der Waals surface area contributed by atoms with Gasteiger partial charge in [0.05, 0.1) is 0 Å². The van der Waals surface area contributed by atoms with E-state index in [9.17, 15) is 0 Å². The van der Waals surface area contributed by atoms with Crippen LogP contribution in [0.4, 0.5) is 5.95 Å². The second-order valence-electron chi connectivity index (χ2n) is 3.71. The lowest BCUT2D eigenvalue weighted by atomic mass is 10.2. The minimum absolute atomic E-state index is 0.707. The van der Waals surface area contributed by atoms with Gasteiger partial charge in [-0.15, -0.1) is 0 Å². The molecule has 0 amide bonds. The van der Waals surface area contributed by atoms with Gasteiger partial charge in [0.15, 0.2) is 0 Å². The molecule has 0 aliphatic rings. The normalized spacial score (nSPS) is 10.3. The summed E-state index contributed by atoms with van der Waals surface area (Å²) in [6.45, 7) is 3.77. The van der Waals surface area contributed by atoms with Gasteiger partial charge in [0.1, 0.15) is 0 Å². The summed E-state index contributed by atoms with van der Waals surface area (Å²) in [7, 11) is 1.99. The highest BCUT2D eigenvalue weighted by molar-refractivity contribution is 5.28. The molecular formula is C11H20N4. The van der Waals surface area contributed by atoms with Crippen LogP contribution >= 0.6 is 0 Å². The number of hydrogen-bond donors (Lipinski definition) is 1. The van der Waals surface area contributed by atoms with Gasteiger partial charge < -0.3 is 10.6 Å². The van der Waals surface area contributed by atoms with E-state index < -0.39 is 0 Å². The standard InChI is InChI=1S/C11H20N4/c1-3-5-10-8-13-11(14-9-10)15(2)7-4-6-12/h8-9H,3-7,12H2,1-2H3. The van der Waals surface area contributed by atoms with Crippen LogP contribution in [0.1, 0.15) is 25.3 Å². The molecule has 0 spiro atoms. The Labute approximate surface area is 91.5 Å². The van der Waals surface area contributed by atoms with Crippen molar-refractivity contribution in [1.82, 2.24) is 9.97 Å². The second kappa shape index (κ2) is 6.35. The number of nitrogens with zero attached hydrogens (tertiary/aromatic N) is 3. The number of anilines is 1. The summed E-state index contributed by atoms with van der Waals surface area (Å²) < 4.78 is 0. The van der Waals surface area contributed by atoms with E-state index in [4.69, 9.17) is 5.73 Å². The van der Waals surface area contributed by atoms with E-state index in [2.05, 4.69) is 16.9 Å². The lowest BCUT2D eigenvalue weighted by Gasteiger charge is -2.16. The van der Waals surface area contributed by atoms with Crippen LogP contribution in [0.2, 0.25) is 0 Å². The van der Waals surface area contributed by atoms with Gasteiger partial charge in [-0.05, 0) is 24.9 Å². The van der Waals surface area contributed by atoms with Crippen LogP contribution in [0.15, 0.2) is 12.4 Å². The highest BCUT2D eigenvalue weighted by atomic mass is 15.2. The van der Waals surface area contributed by atoms with E-state index in [0.29, 0.717) is 6.54 Å².